The van der Waals surface area contributed by atoms with E-state index in [0.29, 0.717) is 0 Å². The van der Waals surface area contributed by atoms with Crippen molar-refractivity contribution in [1.29, 1.82) is 0 Å². The van der Waals surface area contributed by atoms with Crippen LogP contribution in [0.2, 0.25) is 0 Å². The Hall–Kier alpha value is -0.200. The minimum Gasteiger partial charge on any atom is -0.265 e. The fourth-order valence-corrected chi connectivity index (χ4v) is 0.173. The van der Waals surface area contributed by atoms with Gasteiger partial charge in [0.25, 0.3) is 0 Å². The summed E-state index contributed by atoms with van der Waals surface area (Å²) in [5, 5.41) is 9.91. The van der Waals surface area contributed by atoms with Crippen molar-refractivity contribution in [3.63, 3.8) is 0 Å². The predicted molar refractivity (Wildman–Crippen MR) is 25.4 cm³/mol. The van der Waals surface area contributed by atoms with Gasteiger partial charge >= 0.3 is 0 Å². The van der Waals surface area contributed by atoms with Crippen LogP contribution in [-0.4, -0.2) is 36.9 Å². The third-order valence-electron chi connectivity index (χ3n) is 0.389. The third-order valence-corrected chi connectivity index (χ3v) is 0.389. The maximum Gasteiger partial charge on any atom is 0.0919 e. The second kappa shape index (κ2) is 3.76. The molecule has 0 aromatic heterocycles. The molecule has 0 amide bonds. The normalized spacial score (nSPS) is 11.2. The van der Waals surface area contributed by atoms with Crippen LogP contribution in [0.1, 0.15) is 0 Å². The van der Waals surface area contributed by atoms with Gasteiger partial charge in [-0.15, -0.1) is 0 Å². The number of hydroxylamine groups is 2. The highest BCUT2D eigenvalue weighted by Gasteiger charge is 1.96. The molecule has 0 aliphatic carbocycles. The van der Waals surface area contributed by atoms with E-state index in [1.54, 1.807) is 14.1 Å². The molecule has 8 heavy (non-hydrogen) atoms. The molecule has 0 aromatic rings. The SMILES string of the molecule is CON(O)ON(C)C. The Morgan fingerprint density at radius 1 is 1.38 bits per heavy atom. The summed E-state index contributed by atoms with van der Waals surface area (Å²) in [6.45, 7) is 0. The van der Waals surface area contributed by atoms with Crippen LogP contribution >= 0.6 is 0 Å². The first-order chi connectivity index (χ1) is 3.66. The van der Waals surface area contributed by atoms with E-state index in [1.165, 1.54) is 12.2 Å². The second-order valence-electron chi connectivity index (χ2n) is 1.31. The van der Waals surface area contributed by atoms with Crippen LogP contribution in [0.25, 0.3) is 0 Å². The van der Waals surface area contributed by atoms with E-state index in [-0.39, 0.29) is 5.39 Å². The van der Waals surface area contributed by atoms with Gasteiger partial charge in [-0.25, -0.2) is 0 Å². The first kappa shape index (κ1) is 7.80. The summed E-state index contributed by atoms with van der Waals surface area (Å²) in [5.41, 5.74) is 0. The quantitative estimate of drug-likeness (QED) is 0.518. The first-order valence-electron chi connectivity index (χ1n) is 2.05. The molecule has 50 valence electrons. The van der Waals surface area contributed by atoms with Crippen LogP contribution in [0.3, 0.4) is 0 Å². The van der Waals surface area contributed by atoms with Gasteiger partial charge in [-0.2, -0.15) is 10.0 Å². The van der Waals surface area contributed by atoms with Gasteiger partial charge in [0.15, 0.2) is 0 Å². The van der Waals surface area contributed by atoms with Crippen molar-refractivity contribution in [1.82, 2.24) is 10.5 Å². The van der Waals surface area contributed by atoms with E-state index in [2.05, 4.69) is 9.78 Å². The van der Waals surface area contributed by atoms with Gasteiger partial charge in [0.1, 0.15) is 0 Å². The highest BCUT2D eigenvalue weighted by molar-refractivity contribution is 3.97. The molecule has 0 rings (SSSR count). The molecule has 0 saturated heterocycles. The average Bonchev–Trinajstić information content (AvgIpc) is 1.65. The van der Waals surface area contributed by atoms with Crippen LogP contribution in [-0.2, 0) is 9.78 Å². The fraction of sp³-hybridized carbons (Fsp3) is 1.00. The molecule has 0 atom stereocenters. The summed E-state index contributed by atoms with van der Waals surface area (Å²) in [6, 6.07) is 0. The Morgan fingerprint density at radius 2 is 1.88 bits per heavy atom. The Bertz CT molecular complexity index is 58.5. The zero-order valence-electron chi connectivity index (χ0n) is 5.16. The lowest BCUT2D eigenvalue weighted by Gasteiger charge is -2.13. The average molecular weight is 122 g/mol. The van der Waals surface area contributed by atoms with Crippen LogP contribution in [0.4, 0.5) is 0 Å². The molecule has 1 N–H and O–H groups in total. The van der Waals surface area contributed by atoms with E-state index in [9.17, 15) is 0 Å². The van der Waals surface area contributed by atoms with E-state index in [1.807, 2.05) is 0 Å². The zero-order valence-corrected chi connectivity index (χ0v) is 5.16. The molecule has 0 unspecified atom stereocenters. The Morgan fingerprint density at radius 3 is 2.00 bits per heavy atom. The number of hydrogen-bond acceptors (Lipinski definition) is 5. The number of nitrogens with zero attached hydrogens (tertiary/aromatic N) is 2. The lowest BCUT2D eigenvalue weighted by atomic mass is 11.2. The molecule has 0 heterocycles. The molecule has 0 aliphatic heterocycles. The van der Waals surface area contributed by atoms with Crippen molar-refractivity contribution < 1.29 is 15.0 Å². The summed E-state index contributed by atoms with van der Waals surface area (Å²) >= 11 is 0. The van der Waals surface area contributed by atoms with Crippen molar-refractivity contribution in [2.45, 2.75) is 0 Å². The maximum atomic E-state index is 8.38. The summed E-state index contributed by atoms with van der Waals surface area (Å²) in [4.78, 5) is 8.59. The first-order valence-corrected chi connectivity index (χ1v) is 2.05. The van der Waals surface area contributed by atoms with Crippen LogP contribution in [0.5, 0.6) is 0 Å². The van der Waals surface area contributed by atoms with Gasteiger partial charge in [-0.3, -0.25) is 10.0 Å². The highest BCUT2D eigenvalue weighted by Crippen LogP contribution is 1.83. The number of rotatable bonds is 3. The Balaban J connectivity index is 3.10. The topological polar surface area (TPSA) is 45.2 Å². The van der Waals surface area contributed by atoms with Crippen molar-refractivity contribution in [3.05, 3.63) is 0 Å². The summed E-state index contributed by atoms with van der Waals surface area (Å²) in [5.74, 6) is 0. The third kappa shape index (κ3) is 3.97. The van der Waals surface area contributed by atoms with Crippen LogP contribution in [0, 0.1) is 0 Å². The van der Waals surface area contributed by atoms with Gasteiger partial charge in [0.2, 0.25) is 0 Å². The lowest BCUT2D eigenvalue weighted by Crippen LogP contribution is -2.26. The largest absolute Gasteiger partial charge is 0.265 e. The molecule has 0 aliphatic rings. The molecular formula is C3H10N2O3. The van der Waals surface area contributed by atoms with Gasteiger partial charge in [0, 0.05) is 14.1 Å². The zero-order chi connectivity index (χ0) is 6.57. The van der Waals surface area contributed by atoms with Crippen LogP contribution < -0.4 is 0 Å². The molecule has 0 spiro atoms. The molecule has 0 fully saturated rings. The Kier molecular flexibility index (Phi) is 3.67. The monoisotopic (exact) mass is 122 g/mol. The van der Waals surface area contributed by atoms with Gasteiger partial charge < -0.3 is 0 Å². The van der Waals surface area contributed by atoms with Crippen molar-refractivity contribution in [2.24, 2.45) is 0 Å². The predicted octanol–water partition coefficient (Wildman–Crippen LogP) is -0.353. The summed E-state index contributed by atoms with van der Waals surface area (Å²) in [7, 11) is 4.51. The molecule has 0 radical (unpaired) electrons. The molecule has 0 aromatic carbocycles. The summed E-state index contributed by atoms with van der Waals surface area (Å²) in [6.07, 6.45) is 0. The maximum absolute atomic E-state index is 8.38. The molecule has 0 saturated carbocycles. The molecule has 0 bridgehead atoms. The van der Waals surface area contributed by atoms with Gasteiger partial charge in [0.05, 0.1) is 12.5 Å². The van der Waals surface area contributed by atoms with Gasteiger partial charge in [-0.1, -0.05) is 0 Å². The minimum atomic E-state index is 0.250. The van der Waals surface area contributed by atoms with Crippen LogP contribution in [0.15, 0.2) is 0 Å². The van der Waals surface area contributed by atoms with E-state index in [0.717, 1.165) is 0 Å². The van der Waals surface area contributed by atoms with E-state index < -0.39 is 0 Å². The standard InChI is InChI=1S/C3H10N2O3/c1-4(2)8-5(6)7-3/h6H,1-3H3. The Labute approximate surface area is 47.8 Å². The lowest BCUT2D eigenvalue weighted by molar-refractivity contribution is -0.555. The van der Waals surface area contributed by atoms with Crippen molar-refractivity contribution in [2.75, 3.05) is 21.2 Å². The highest BCUT2D eigenvalue weighted by atomic mass is 17.2. The van der Waals surface area contributed by atoms with Gasteiger partial charge in [-0.05, 0) is 0 Å². The molecule has 5 heteroatoms. The van der Waals surface area contributed by atoms with E-state index in [4.69, 9.17) is 5.21 Å². The van der Waals surface area contributed by atoms with Crippen molar-refractivity contribution >= 4 is 0 Å². The van der Waals surface area contributed by atoms with Crippen molar-refractivity contribution in [3.8, 4) is 0 Å². The molecule has 5 nitrogen and oxygen atoms in total. The number of hydrogen-bond donors (Lipinski definition) is 1. The smallest absolute Gasteiger partial charge is 0.0919 e. The molecular weight excluding hydrogens is 112 g/mol. The second-order valence-corrected chi connectivity index (χ2v) is 1.31. The van der Waals surface area contributed by atoms with E-state index >= 15 is 0 Å². The summed E-state index contributed by atoms with van der Waals surface area (Å²) < 4.78 is 0. The fourth-order valence-electron chi connectivity index (χ4n) is 0.173. The minimum absolute atomic E-state index is 0.250.